The second kappa shape index (κ2) is 5.16. The lowest BCUT2D eigenvalue weighted by atomic mass is 9.92. The Bertz CT molecular complexity index is 169. The minimum atomic E-state index is 0.854. The van der Waals surface area contributed by atoms with Gasteiger partial charge in [-0.15, -0.1) is 0 Å². The first-order valence-corrected chi connectivity index (χ1v) is 6.19. The van der Waals surface area contributed by atoms with Crippen LogP contribution in [0, 0.1) is 11.8 Å². The van der Waals surface area contributed by atoms with Crippen LogP contribution >= 0.6 is 15.9 Å². The van der Waals surface area contributed by atoms with Crippen molar-refractivity contribution in [1.82, 2.24) is 4.90 Å². The Labute approximate surface area is 90.3 Å². The molecule has 0 aliphatic carbocycles. The summed E-state index contributed by atoms with van der Waals surface area (Å²) in [4.78, 5) is 2.53. The van der Waals surface area contributed by atoms with Crippen LogP contribution in [0.5, 0.6) is 0 Å². The number of hydrogen-bond acceptors (Lipinski definition) is 1. The van der Waals surface area contributed by atoms with Gasteiger partial charge in [0.25, 0.3) is 0 Å². The number of nitrogens with zero attached hydrogens (tertiary/aromatic N) is 1. The maximum atomic E-state index is 4.03. The van der Waals surface area contributed by atoms with E-state index in [0.29, 0.717) is 0 Å². The molecule has 0 aromatic rings. The van der Waals surface area contributed by atoms with Crippen LogP contribution in [0.2, 0.25) is 0 Å². The van der Waals surface area contributed by atoms with E-state index in [1.54, 1.807) is 0 Å². The van der Waals surface area contributed by atoms with E-state index in [0.717, 1.165) is 23.7 Å². The highest BCUT2D eigenvalue weighted by atomic mass is 79.9. The van der Waals surface area contributed by atoms with Crippen molar-refractivity contribution >= 4 is 15.9 Å². The largest absolute Gasteiger partial charge is 0.299 e. The highest BCUT2D eigenvalue weighted by Crippen LogP contribution is 2.21. The molecule has 2 unspecified atom stereocenters. The first-order valence-electron chi connectivity index (χ1n) is 5.06. The van der Waals surface area contributed by atoms with Crippen LogP contribution in [0.3, 0.4) is 0 Å². The van der Waals surface area contributed by atoms with Gasteiger partial charge in [0.2, 0.25) is 0 Å². The molecule has 1 saturated heterocycles. The lowest BCUT2D eigenvalue weighted by molar-refractivity contribution is 0.152. The Morgan fingerprint density at radius 2 is 1.92 bits per heavy atom. The minimum Gasteiger partial charge on any atom is -0.299 e. The summed E-state index contributed by atoms with van der Waals surface area (Å²) < 4.78 is 0. The number of piperidine rings is 1. The molecule has 0 bridgehead atoms. The molecule has 0 radical (unpaired) electrons. The predicted molar refractivity (Wildman–Crippen MR) is 62.3 cm³/mol. The van der Waals surface area contributed by atoms with E-state index in [4.69, 9.17) is 0 Å². The van der Waals surface area contributed by atoms with Gasteiger partial charge in [-0.1, -0.05) is 41.9 Å². The summed E-state index contributed by atoms with van der Waals surface area (Å²) >= 11 is 3.45. The van der Waals surface area contributed by atoms with Crippen molar-refractivity contribution < 1.29 is 0 Å². The lowest BCUT2D eigenvalue weighted by Gasteiger charge is -2.35. The van der Waals surface area contributed by atoms with Gasteiger partial charge in [-0.3, -0.25) is 4.90 Å². The molecular weight excluding hydrogens is 226 g/mol. The van der Waals surface area contributed by atoms with Gasteiger partial charge in [-0.25, -0.2) is 0 Å². The molecule has 76 valence electrons. The van der Waals surface area contributed by atoms with Gasteiger partial charge in [0.15, 0.2) is 0 Å². The van der Waals surface area contributed by atoms with Crippen molar-refractivity contribution in [3.63, 3.8) is 0 Å². The van der Waals surface area contributed by atoms with Gasteiger partial charge in [-0.2, -0.15) is 0 Å². The molecule has 13 heavy (non-hydrogen) atoms. The minimum absolute atomic E-state index is 0.854. The van der Waals surface area contributed by atoms with Crippen molar-refractivity contribution in [1.29, 1.82) is 0 Å². The monoisotopic (exact) mass is 245 g/mol. The third kappa shape index (κ3) is 3.82. The van der Waals surface area contributed by atoms with E-state index in [-0.39, 0.29) is 0 Å². The zero-order valence-corrected chi connectivity index (χ0v) is 10.3. The summed E-state index contributed by atoms with van der Waals surface area (Å²) in [5.41, 5.74) is 1.29. The molecule has 0 aromatic heterocycles. The second-order valence-electron chi connectivity index (χ2n) is 4.52. The molecule has 2 atom stereocenters. The summed E-state index contributed by atoms with van der Waals surface area (Å²) in [7, 11) is 0. The van der Waals surface area contributed by atoms with Crippen LogP contribution in [0.25, 0.3) is 0 Å². The highest BCUT2D eigenvalue weighted by Gasteiger charge is 2.21. The molecule has 0 N–H and O–H groups in total. The third-order valence-corrected chi connectivity index (χ3v) is 3.37. The Balaban J connectivity index is 2.37. The molecule has 1 nitrogen and oxygen atoms in total. The fraction of sp³-hybridized carbons (Fsp3) is 0.818. The summed E-state index contributed by atoms with van der Waals surface area (Å²) in [6.07, 6.45) is 1.39. The Morgan fingerprint density at radius 3 is 2.38 bits per heavy atom. The van der Waals surface area contributed by atoms with Crippen LogP contribution in [0.15, 0.2) is 12.2 Å². The van der Waals surface area contributed by atoms with E-state index in [1.807, 2.05) is 0 Å². The normalized spacial score (nSPS) is 30.4. The van der Waals surface area contributed by atoms with Crippen LogP contribution in [0.1, 0.15) is 20.3 Å². The molecular formula is C11H20BrN. The summed E-state index contributed by atoms with van der Waals surface area (Å²) in [5, 5.41) is 0.937. The summed E-state index contributed by atoms with van der Waals surface area (Å²) in [6, 6.07) is 0. The van der Waals surface area contributed by atoms with Crippen molar-refractivity contribution in [2.75, 3.05) is 25.0 Å². The van der Waals surface area contributed by atoms with Gasteiger partial charge in [0, 0.05) is 25.0 Å². The molecule has 0 saturated carbocycles. The maximum Gasteiger partial charge on any atom is 0.0251 e. The average Bonchev–Trinajstić information content (AvgIpc) is 2.02. The van der Waals surface area contributed by atoms with Crippen LogP contribution in [-0.4, -0.2) is 29.9 Å². The van der Waals surface area contributed by atoms with Crippen LogP contribution in [0.4, 0.5) is 0 Å². The van der Waals surface area contributed by atoms with Crippen molar-refractivity contribution in [3.05, 3.63) is 12.2 Å². The van der Waals surface area contributed by atoms with E-state index in [1.165, 1.54) is 25.1 Å². The van der Waals surface area contributed by atoms with Gasteiger partial charge >= 0.3 is 0 Å². The molecule has 1 aliphatic heterocycles. The standard InChI is InChI=1S/C11H20BrN/c1-9-4-10(2)7-13(6-9)8-11(3)5-12/h9-10H,3-8H2,1-2H3. The zero-order chi connectivity index (χ0) is 9.84. The number of alkyl halides is 1. The van der Waals surface area contributed by atoms with E-state index in [2.05, 4.69) is 41.3 Å². The van der Waals surface area contributed by atoms with Gasteiger partial charge < -0.3 is 0 Å². The Hall–Kier alpha value is 0.180. The number of likely N-dealkylation sites (tertiary alicyclic amines) is 1. The second-order valence-corrected chi connectivity index (χ2v) is 5.08. The molecule has 0 spiro atoms. The van der Waals surface area contributed by atoms with Crippen molar-refractivity contribution in [3.8, 4) is 0 Å². The molecule has 1 aliphatic rings. The lowest BCUT2D eigenvalue weighted by Crippen LogP contribution is -2.39. The topological polar surface area (TPSA) is 3.24 Å². The third-order valence-electron chi connectivity index (χ3n) is 2.58. The van der Waals surface area contributed by atoms with E-state index >= 15 is 0 Å². The van der Waals surface area contributed by atoms with Crippen molar-refractivity contribution in [2.45, 2.75) is 20.3 Å². The first-order chi connectivity index (χ1) is 6.11. The van der Waals surface area contributed by atoms with Crippen molar-refractivity contribution in [2.24, 2.45) is 11.8 Å². The van der Waals surface area contributed by atoms with E-state index in [9.17, 15) is 0 Å². The molecule has 0 aromatic carbocycles. The molecule has 0 amide bonds. The number of hydrogen-bond donors (Lipinski definition) is 0. The SMILES string of the molecule is C=C(CBr)CN1CC(C)CC(C)C1. The van der Waals surface area contributed by atoms with E-state index < -0.39 is 0 Å². The summed E-state index contributed by atoms with van der Waals surface area (Å²) in [6.45, 7) is 12.3. The average molecular weight is 246 g/mol. The van der Waals surface area contributed by atoms with Crippen LogP contribution < -0.4 is 0 Å². The summed E-state index contributed by atoms with van der Waals surface area (Å²) in [5.74, 6) is 1.71. The van der Waals surface area contributed by atoms with Gasteiger partial charge in [0.05, 0.1) is 0 Å². The maximum absolute atomic E-state index is 4.03. The Kier molecular flexibility index (Phi) is 4.47. The molecule has 1 fully saturated rings. The molecule has 1 heterocycles. The fourth-order valence-corrected chi connectivity index (χ4v) is 2.46. The Morgan fingerprint density at radius 1 is 1.38 bits per heavy atom. The molecule has 1 rings (SSSR count). The predicted octanol–water partition coefficient (Wildman–Crippen LogP) is 2.92. The first kappa shape index (κ1) is 11.3. The number of rotatable bonds is 3. The van der Waals surface area contributed by atoms with Gasteiger partial charge in [0.1, 0.15) is 0 Å². The highest BCUT2D eigenvalue weighted by molar-refractivity contribution is 9.09. The van der Waals surface area contributed by atoms with Gasteiger partial charge in [-0.05, 0) is 18.3 Å². The fourth-order valence-electron chi connectivity index (χ4n) is 2.28. The number of halogens is 1. The quantitative estimate of drug-likeness (QED) is 0.546. The zero-order valence-electron chi connectivity index (χ0n) is 8.72. The smallest absolute Gasteiger partial charge is 0.0251 e. The van der Waals surface area contributed by atoms with Crippen LogP contribution in [-0.2, 0) is 0 Å². The molecule has 2 heteroatoms.